The first-order valence-corrected chi connectivity index (χ1v) is 9.97. The second kappa shape index (κ2) is 9.62. The van der Waals surface area contributed by atoms with E-state index in [4.69, 9.17) is 0 Å². The number of rotatable bonds is 10. The molecular weight excluding hydrogens is 382 g/mol. The van der Waals surface area contributed by atoms with Gasteiger partial charge in [0.1, 0.15) is 11.2 Å². The van der Waals surface area contributed by atoms with Gasteiger partial charge in [0, 0.05) is 30.8 Å². The molecule has 0 saturated heterocycles. The zero-order chi connectivity index (χ0) is 22.5. The van der Waals surface area contributed by atoms with E-state index in [9.17, 15) is 24.9 Å². The number of nitrogens with zero attached hydrogens (tertiary/aromatic N) is 1. The minimum atomic E-state index is -1.45. The molecule has 0 radical (unpaired) electrons. The Balaban J connectivity index is 2.20. The Morgan fingerprint density at radius 1 is 0.800 bits per heavy atom. The molecule has 0 aliphatic carbocycles. The van der Waals surface area contributed by atoms with Crippen LogP contribution in [0, 0.1) is 0 Å². The van der Waals surface area contributed by atoms with Crippen molar-refractivity contribution in [1.82, 2.24) is 4.90 Å². The molecular formula is C24H31NO5. The molecule has 0 heterocycles. The van der Waals surface area contributed by atoms with E-state index < -0.39 is 11.2 Å². The molecule has 0 aromatic heterocycles. The van der Waals surface area contributed by atoms with Crippen molar-refractivity contribution in [2.75, 3.05) is 13.2 Å². The van der Waals surface area contributed by atoms with Crippen LogP contribution in [0.4, 0.5) is 0 Å². The smallest absolute Gasteiger partial charge is 0.193 e. The van der Waals surface area contributed by atoms with Gasteiger partial charge < -0.3 is 15.3 Å². The van der Waals surface area contributed by atoms with Crippen LogP contribution >= 0.6 is 0 Å². The predicted molar refractivity (Wildman–Crippen MR) is 115 cm³/mol. The fourth-order valence-corrected chi connectivity index (χ4v) is 3.20. The van der Waals surface area contributed by atoms with Crippen molar-refractivity contribution < 1.29 is 24.9 Å². The summed E-state index contributed by atoms with van der Waals surface area (Å²) in [6.45, 7) is 7.18. The molecule has 0 aliphatic heterocycles. The van der Waals surface area contributed by atoms with E-state index in [1.54, 1.807) is 36.4 Å². The highest BCUT2D eigenvalue weighted by Crippen LogP contribution is 2.18. The van der Waals surface area contributed by atoms with Gasteiger partial charge in [0.05, 0.1) is 6.61 Å². The molecule has 0 unspecified atom stereocenters. The predicted octanol–water partition coefficient (Wildman–Crippen LogP) is 2.59. The maximum atomic E-state index is 12.3. The van der Waals surface area contributed by atoms with Crippen LogP contribution in [0.2, 0.25) is 0 Å². The van der Waals surface area contributed by atoms with E-state index in [0.29, 0.717) is 30.8 Å². The Kier molecular flexibility index (Phi) is 7.66. The average molecular weight is 414 g/mol. The number of carbonyl (C=O) groups is 2. The molecule has 0 amide bonds. The highest BCUT2D eigenvalue weighted by atomic mass is 16.3. The van der Waals surface area contributed by atoms with Crippen LogP contribution in [0.25, 0.3) is 0 Å². The summed E-state index contributed by atoms with van der Waals surface area (Å²) in [4.78, 5) is 26.7. The van der Waals surface area contributed by atoms with Crippen LogP contribution in [0.15, 0.2) is 48.5 Å². The van der Waals surface area contributed by atoms with Crippen molar-refractivity contribution in [1.29, 1.82) is 0 Å². The van der Waals surface area contributed by atoms with Gasteiger partial charge in [-0.25, -0.2) is 0 Å². The summed E-state index contributed by atoms with van der Waals surface area (Å²) in [5.74, 6) is -0.702. The second-order valence-corrected chi connectivity index (χ2v) is 8.61. The first kappa shape index (κ1) is 23.9. The molecule has 0 bridgehead atoms. The molecule has 2 aromatic rings. The Bertz CT molecular complexity index is 821. The molecule has 3 N–H and O–H groups in total. The minimum Gasteiger partial charge on any atom is -0.395 e. The van der Waals surface area contributed by atoms with E-state index in [2.05, 4.69) is 0 Å². The van der Waals surface area contributed by atoms with Gasteiger partial charge in [0.25, 0.3) is 0 Å². The van der Waals surface area contributed by atoms with Gasteiger partial charge in [-0.2, -0.15) is 0 Å². The average Bonchev–Trinajstić information content (AvgIpc) is 2.66. The maximum Gasteiger partial charge on any atom is 0.193 e. The first-order valence-electron chi connectivity index (χ1n) is 9.97. The lowest BCUT2D eigenvalue weighted by Crippen LogP contribution is -2.31. The number of Topliss-reactive ketones (excluding diaryl/α,β-unsaturated/α-hetero) is 2. The van der Waals surface area contributed by atoms with Crippen molar-refractivity contribution in [3.8, 4) is 0 Å². The van der Waals surface area contributed by atoms with Gasteiger partial charge in [-0.3, -0.25) is 14.5 Å². The lowest BCUT2D eigenvalue weighted by molar-refractivity contribution is 0.0487. The summed E-state index contributed by atoms with van der Waals surface area (Å²) in [6, 6.07) is 14.2. The van der Waals surface area contributed by atoms with Gasteiger partial charge in [0.2, 0.25) is 0 Å². The lowest BCUT2D eigenvalue weighted by Gasteiger charge is -2.23. The largest absolute Gasteiger partial charge is 0.395 e. The molecule has 0 fully saturated rings. The van der Waals surface area contributed by atoms with Crippen molar-refractivity contribution in [3.05, 3.63) is 70.8 Å². The molecule has 162 valence electrons. The number of carbonyl (C=O) groups excluding carboxylic acids is 2. The Hall–Kier alpha value is -2.38. The Labute approximate surface area is 177 Å². The van der Waals surface area contributed by atoms with Gasteiger partial charge in [-0.05, 0) is 51.0 Å². The van der Waals surface area contributed by atoms with Crippen LogP contribution in [-0.4, -0.2) is 56.1 Å². The summed E-state index contributed by atoms with van der Waals surface area (Å²) in [6.07, 6.45) is 0. The Morgan fingerprint density at radius 2 is 1.20 bits per heavy atom. The third-order valence-electron chi connectivity index (χ3n) is 4.72. The number of ketones is 2. The van der Waals surface area contributed by atoms with Crippen LogP contribution in [-0.2, 0) is 13.1 Å². The summed E-state index contributed by atoms with van der Waals surface area (Å²) < 4.78 is 0. The molecule has 0 atom stereocenters. The highest BCUT2D eigenvalue weighted by Gasteiger charge is 2.26. The lowest BCUT2D eigenvalue weighted by atomic mass is 9.95. The van der Waals surface area contributed by atoms with Gasteiger partial charge in [0.15, 0.2) is 11.6 Å². The maximum absolute atomic E-state index is 12.3. The molecule has 6 nitrogen and oxygen atoms in total. The zero-order valence-corrected chi connectivity index (χ0v) is 18.1. The van der Waals surface area contributed by atoms with Gasteiger partial charge >= 0.3 is 0 Å². The monoisotopic (exact) mass is 413 g/mol. The zero-order valence-electron chi connectivity index (χ0n) is 18.1. The third kappa shape index (κ3) is 6.57. The molecule has 0 aliphatic rings. The van der Waals surface area contributed by atoms with Crippen molar-refractivity contribution in [2.45, 2.75) is 52.0 Å². The van der Waals surface area contributed by atoms with E-state index in [0.717, 1.165) is 11.1 Å². The minimum absolute atomic E-state index is 0.0371. The normalized spacial score (nSPS) is 12.3. The second-order valence-electron chi connectivity index (χ2n) is 8.61. The molecule has 0 spiro atoms. The molecule has 2 rings (SSSR count). The first-order chi connectivity index (χ1) is 13.9. The molecule has 30 heavy (non-hydrogen) atoms. The topological polar surface area (TPSA) is 98.1 Å². The van der Waals surface area contributed by atoms with E-state index in [1.807, 2.05) is 17.0 Å². The van der Waals surface area contributed by atoms with E-state index in [1.165, 1.54) is 27.7 Å². The van der Waals surface area contributed by atoms with Gasteiger partial charge in [-0.15, -0.1) is 0 Å². The number of benzene rings is 2. The molecule has 0 saturated carbocycles. The van der Waals surface area contributed by atoms with Crippen LogP contribution < -0.4 is 0 Å². The fourth-order valence-electron chi connectivity index (χ4n) is 3.20. The standard InChI is InChI=1S/C24H31NO5/c1-23(2,29)21(27)19-9-5-7-17(13-19)15-25(11-12-26)16-18-8-6-10-20(14-18)22(28)24(3,4)30/h5-10,13-14,26,29-30H,11-12,15-16H2,1-4H3. The van der Waals surface area contributed by atoms with Crippen molar-refractivity contribution in [2.24, 2.45) is 0 Å². The van der Waals surface area contributed by atoms with Crippen LogP contribution in [0.1, 0.15) is 59.5 Å². The summed E-state index contributed by atoms with van der Waals surface area (Å²) >= 11 is 0. The third-order valence-corrected chi connectivity index (χ3v) is 4.72. The van der Waals surface area contributed by atoms with Crippen molar-refractivity contribution >= 4 is 11.6 Å². The summed E-state index contributed by atoms with van der Waals surface area (Å²) in [5, 5.41) is 29.4. The van der Waals surface area contributed by atoms with Gasteiger partial charge in [-0.1, -0.05) is 36.4 Å². The summed E-state index contributed by atoms with van der Waals surface area (Å²) in [5.41, 5.74) is -0.277. The quantitative estimate of drug-likeness (QED) is 0.518. The Morgan fingerprint density at radius 3 is 1.53 bits per heavy atom. The molecule has 2 aromatic carbocycles. The van der Waals surface area contributed by atoms with Crippen molar-refractivity contribution in [3.63, 3.8) is 0 Å². The molecule has 6 heteroatoms. The van der Waals surface area contributed by atoms with E-state index >= 15 is 0 Å². The van der Waals surface area contributed by atoms with Crippen LogP contribution in [0.3, 0.4) is 0 Å². The number of hydrogen-bond donors (Lipinski definition) is 3. The fraction of sp³-hybridized carbons (Fsp3) is 0.417. The number of aliphatic hydroxyl groups excluding tert-OH is 1. The van der Waals surface area contributed by atoms with E-state index in [-0.39, 0.29) is 18.2 Å². The number of aliphatic hydroxyl groups is 3. The number of hydrogen-bond acceptors (Lipinski definition) is 6. The SMILES string of the molecule is CC(C)(O)C(=O)c1cccc(CN(CCO)Cc2cccc(C(=O)C(C)(C)O)c2)c1. The van der Waals surface area contributed by atoms with Crippen LogP contribution in [0.5, 0.6) is 0 Å². The summed E-state index contributed by atoms with van der Waals surface area (Å²) in [7, 11) is 0. The highest BCUT2D eigenvalue weighted by molar-refractivity contribution is 6.02.